The molecule has 1 aromatic carbocycles. The van der Waals surface area contributed by atoms with Gasteiger partial charge in [-0.05, 0) is 46.6 Å². The van der Waals surface area contributed by atoms with Crippen molar-refractivity contribution in [2.75, 3.05) is 0 Å². The van der Waals surface area contributed by atoms with Crippen LogP contribution < -0.4 is 0 Å². The van der Waals surface area contributed by atoms with E-state index in [9.17, 15) is 4.79 Å². The number of ketones is 1. The largest absolute Gasteiger partial charge is 0.299 e. The van der Waals surface area contributed by atoms with Gasteiger partial charge in [0.1, 0.15) is 5.78 Å². The molecule has 3 saturated carbocycles. The van der Waals surface area contributed by atoms with Gasteiger partial charge in [0.2, 0.25) is 0 Å². The average Bonchev–Trinajstić information content (AvgIpc) is 2.58. The minimum atomic E-state index is 0.206. The Balaban J connectivity index is 1.69. The van der Waals surface area contributed by atoms with Crippen LogP contribution in [0.4, 0.5) is 0 Å². The van der Waals surface area contributed by atoms with E-state index in [1.807, 2.05) is 0 Å². The van der Waals surface area contributed by atoms with E-state index in [1.54, 1.807) is 0 Å². The predicted octanol–water partition coefficient (Wildman–Crippen LogP) is 6.65. The monoisotopic (exact) mass is 340 g/mol. The number of Topliss-reactive ketones (excluding diaryl/α,β-unsaturated/α-hetero) is 1. The third-order valence-corrected chi connectivity index (χ3v) is 7.41. The lowest BCUT2D eigenvalue weighted by molar-refractivity contribution is -0.151. The third kappa shape index (κ3) is 3.44. The van der Waals surface area contributed by atoms with Gasteiger partial charge in [-0.3, -0.25) is 4.79 Å². The second-order valence-electron chi connectivity index (χ2n) is 9.81. The van der Waals surface area contributed by atoms with Gasteiger partial charge < -0.3 is 0 Å². The summed E-state index contributed by atoms with van der Waals surface area (Å²) in [4.78, 5) is 12.4. The fourth-order valence-electron chi connectivity index (χ4n) is 5.36. The van der Waals surface area contributed by atoms with E-state index in [0.717, 1.165) is 12.8 Å². The van der Waals surface area contributed by atoms with Crippen LogP contribution in [0, 0.1) is 17.3 Å². The number of unbranched alkanes of at least 4 members (excludes halogenated alkanes) is 3. The van der Waals surface area contributed by atoms with Crippen molar-refractivity contribution in [3.05, 3.63) is 35.4 Å². The highest BCUT2D eigenvalue weighted by atomic mass is 16.1. The first-order chi connectivity index (χ1) is 11.8. The normalized spacial score (nSPS) is 27.9. The Kier molecular flexibility index (Phi) is 5.15. The molecule has 1 heteroatoms. The van der Waals surface area contributed by atoms with Crippen LogP contribution in [0.5, 0.6) is 0 Å². The first-order valence-electron chi connectivity index (χ1n) is 10.4. The molecule has 0 aliphatic heterocycles. The van der Waals surface area contributed by atoms with Crippen molar-refractivity contribution in [2.45, 2.75) is 90.9 Å². The number of hydrogen-bond donors (Lipinski definition) is 0. The lowest BCUT2D eigenvalue weighted by Gasteiger charge is -2.59. The lowest BCUT2D eigenvalue weighted by Crippen LogP contribution is -2.56. The summed E-state index contributed by atoms with van der Waals surface area (Å²) in [6.45, 7) is 11.6. The molecule has 0 radical (unpaired) electrons. The van der Waals surface area contributed by atoms with E-state index in [1.165, 1.54) is 43.2 Å². The smallest absolute Gasteiger partial charge is 0.137 e. The molecular formula is C24H36O. The molecule has 0 saturated heterocycles. The fourth-order valence-corrected chi connectivity index (χ4v) is 5.36. The summed E-state index contributed by atoms with van der Waals surface area (Å²) >= 11 is 0. The van der Waals surface area contributed by atoms with Gasteiger partial charge in [-0.25, -0.2) is 0 Å². The van der Waals surface area contributed by atoms with Crippen LogP contribution >= 0.6 is 0 Å². The first-order valence-corrected chi connectivity index (χ1v) is 10.4. The van der Waals surface area contributed by atoms with Crippen molar-refractivity contribution in [2.24, 2.45) is 17.3 Å². The Morgan fingerprint density at radius 2 is 1.76 bits per heavy atom. The van der Waals surface area contributed by atoms with Crippen LogP contribution in [0.3, 0.4) is 0 Å². The van der Waals surface area contributed by atoms with Crippen molar-refractivity contribution >= 4 is 5.78 Å². The highest BCUT2D eigenvalue weighted by molar-refractivity contribution is 5.85. The molecule has 3 atom stereocenters. The SMILES string of the molecule is CCCCCCC(C)(C)c1ccc(C2CC(=O)[C@H]3C[C@@H]2C3(C)C)cc1. The Morgan fingerprint density at radius 1 is 1.08 bits per heavy atom. The zero-order chi connectivity index (χ0) is 18.2. The summed E-state index contributed by atoms with van der Waals surface area (Å²) < 4.78 is 0. The number of hydrogen-bond acceptors (Lipinski definition) is 1. The van der Waals surface area contributed by atoms with Crippen LogP contribution in [-0.4, -0.2) is 5.78 Å². The van der Waals surface area contributed by atoms with Crippen LogP contribution in [0.2, 0.25) is 0 Å². The van der Waals surface area contributed by atoms with E-state index < -0.39 is 0 Å². The summed E-state index contributed by atoms with van der Waals surface area (Å²) in [6.07, 6.45) is 8.44. The van der Waals surface area contributed by atoms with Gasteiger partial charge in [0.05, 0.1) is 0 Å². The molecule has 0 aromatic heterocycles. The Bertz CT molecular complexity index is 607. The van der Waals surface area contributed by atoms with Gasteiger partial charge in [0, 0.05) is 12.3 Å². The maximum Gasteiger partial charge on any atom is 0.137 e. The maximum absolute atomic E-state index is 12.4. The van der Waals surface area contributed by atoms with Crippen LogP contribution in [0.15, 0.2) is 24.3 Å². The molecule has 3 fully saturated rings. The second kappa shape index (κ2) is 6.89. The van der Waals surface area contributed by atoms with Crippen molar-refractivity contribution in [3.63, 3.8) is 0 Å². The van der Waals surface area contributed by atoms with Gasteiger partial charge in [0.15, 0.2) is 0 Å². The van der Waals surface area contributed by atoms with Crippen molar-refractivity contribution in [3.8, 4) is 0 Å². The van der Waals surface area contributed by atoms with Crippen molar-refractivity contribution in [1.29, 1.82) is 0 Å². The first kappa shape index (κ1) is 18.7. The van der Waals surface area contributed by atoms with Crippen molar-refractivity contribution < 1.29 is 4.79 Å². The number of fused-ring (bicyclic) bond motifs is 2. The van der Waals surface area contributed by atoms with E-state index in [2.05, 4.69) is 58.9 Å². The van der Waals surface area contributed by atoms with Crippen LogP contribution in [0.25, 0.3) is 0 Å². The molecule has 0 spiro atoms. The quantitative estimate of drug-likeness (QED) is 0.508. The van der Waals surface area contributed by atoms with Gasteiger partial charge in [-0.15, -0.1) is 0 Å². The summed E-state index contributed by atoms with van der Waals surface area (Å²) in [5, 5.41) is 0. The highest BCUT2D eigenvalue weighted by Gasteiger charge is 2.58. The van der Waals surface area contributed by atoms with E-state index >= 15 is 0 Å². The minimum Gasteiger partial charge on any atom is -0.299 e. The fraction of sp³-hybridized carbons (Fsp3) is 0.708. The Morgan fingerprint density at radius 3 is 2.32 bits per heavy atom. The van der Waals surface area contributed by atoms with E-state index in [4.69, 9.17) is 0 Å². The maximum atomic E-state index is 12.4. The molecule has 2 bridgehead atoms. The average molecular weight is 341 g/mol. The van der Waals surface area contributed by atoms with Gasteiger partial charge in [-0.2, -0.15) is 0 Å². The molecule has 4 rings (SSSR count). The molecule has 138 valence electrons. The minimum absolute atomic E-state index is 0.206. The molecule has 1 aromatic rings. The summed E-state index contributed by atoms with van der Waals surface area (Å²) in [5.74, 6) is 1.95. The van der Waals surface area contributed by atoms with Crippen LogP contribution in [0.1, 0.15) is 96.6 Å². The number of rotatable bonds is 7. The van der Waals surface area contributed by atoms with E-state index in [0.29, 0.717) is 23.5 Å². The number of benzene rings is 1. The predicted molar refractivity (Wildman–Crippen MR) is 106 cm³/mol. The molecule has 0 heterocycles. The molecular weight excluding hydrogens is 304 g/mol. The zero-order valence-electron chi connectivity index (χ0n) is 16.9. The zero-order valence-corrected chi connectivity index (χ0v) is 16.9. The van der Waals surface area contributed by atoms with Gasteiger partial charge in [0.25, 0.3) is 0 Å². The third-order valence-electron chi connectivity index (χ3n) is 7.41. The van der Waals surface area contributed by atoms with Gasteiger partial charge >= 0.3 is 0 Å². The molecule has 0 N–H and O–H groups in total. The van der Waals surface area contributed by atoms with E-state index in [-0.39, 0.29) is 10.8 Å². The molecule has 1 unspecified atom stereocenters. The molecule has 0 amide bonds. The molecule has 3 aliphatic rings. The topological polar surface area (TPSA) is 17.1 Å². The summed E-state index contributed by atoms with van der Waals surface area (Å²) in [7, 11) is 0. The molecule has 3 aliphatic carbocycles. The summed E-state index contributed by atoms with van der Waals surface area (Å²) in [5.41, 5.74) is 3.28. The second-order valence-corrected chi connectivity index (χ2v) is 9.81. The number of carbonyl (C=O) groups excluding carboxylic acids is 1. The Labute approximate surface area is 154 Å². The molecule has 1 nitrogen and oxygen atoms in total. The van der Waals surface area contributed by atoms with Crippen LogP contribution in [-0.2, 0) is 10.2 Å². The highest BCUT2D eigenvalue weighted by Crippen LogP contribution is 2.62. The molecule has 25 heavy (non-hydrogen) atoms. The standard InChI is InChI=1S/C24H36O/c1-6-7-8-9-14-23(2,3)18-12-10-17(11-13-18)19-15-22(25)21-16-20(19)24(21,4)5/h10-13,19-21H,6-9,14-16H2,1-5H3/t19?,20-,21+/m0/s1. The lowest BCUT2D eigenvalue weighted by atomic mass is 9.44. The summed E-state index contributed by atoms with van der Waals surface area (Å²) in [6, 6.07) is 9.29. The number of carbonyl (C=O) groups is 1. The van der Waals surface area contributed by atoms with Crippen molar-refractivity contribution in [1.82, 2.24) is 0 Å². The van der Waals surface area contributed by atoms with Gasteiger partial charge in [-0.1, -0.05) is 84.6 Å². The Hall–Kier alpha value is -1.11.